The molecule has 0 saturated carbocycles. The smallest absolute Gasteiger partial charge is 0.141 e. The molecule has 0 bridgehead atoms. The van der Waals surface area contributed by atoms with Crippen molar-refractivity contribution in [1.82, 2.24) is 9.97 Å². The number of imidazole rings is 1. The zero-order chi connectivity index (χ0) is 17.8. The molecule has 130 valence electrons. The molecule has 0 aliphatic rings. The fourth-order valence-electron chi connectivity index (χ4n) is 2.62. The first-order valence-corrected chi connectivity index (χ1v) is 7.70. The molecule has 0 aliphatic heterocycles. The van der Waals surface area contributed by atoms with Gasteiger partial charge in [0.05, 0.1) is 45.9 Å². The molecule has 3 aromatic rings. The van der Waals surface area contributed by atoms with Gasteiger partial charge in [-0.25, -0.2) is 4.98 Å². The summed E-state index contributed by atoms with van der Waals surface area (Å²) in [5.74, 6) is 3.59. The Kier molecular flexibility index (Phi) is 4.79. The monoisotopic (exact) mass is 340 g/mol. The number of nitrogens with one attached hydrogen (secondary N) is 1. The normalized spacial score (nSPS) is 10.4. The van der Waals surface area contributed by atoms with Crippen LogP contribution in [-0.4, -0.2) is 38.4 Å². The van der Waals surface area contributed by atoms with Crippen molar-refractivity contribution in [3.63, 3.8) is 0 Å². The number of hydrogen-bond donors (Lipinski definition) is 1. The minimum Gasteiger partial charge on any atom is -0.497 e. The van der Waals surface area contributed by atoms with Gasteiger partial charge in [0, 0.05) is 5.56 Å². The molecule has 6 nitrogen and oxygen atoms in total. The van der Waals surface area contributed by atoms with Gasteiger partial charge in [-0.05, 0) is 36.4 Å². The third-order valence-electron chi connectivity index (χ3n) is 3.93. The molecule has 1 heterocycles. The summed E-state index contributed by atoms with van der Waals surface area (Å²) in [5, 5.41) is 0. The van der Waals surface area contributed by atoms with Gasteiger partial charge in [0.1, 0.15) is 28.8 Å². The van der Waals surface area contributed by atoms with E-state index in [9.17, 15) is 0 Å². The Morgan fingerprint density at radius 2 is 1.28 bits per heavy atom. The summed E-state index contributed by atoms with van der Waals surface area (Å²) in [6.45, 7) is 0. The van der Waals surface area contributed by atoms with Crippen LogP contribution in [-0.2, 0) is 0 Å². The first-order valence-electron chi connectivity index (χ1n) is 7.70. The molecule has 0 atom stereocenters. The van der Waals surface area contributed by atoms with Gasteiger partial charge in [-0.15, -0.1) is 0 Å². The van der Waals surface area contributed by atoms with Gasteiger partial charge < -0.3 is 23.9 Å². The average Bonchev–Trinajstić information content (AvgIpc) is 3.16. The van der Waals surface area contributed by atoms with Crippen LogP contribution >= 0.6 is 0 Å². The second kappa shape index (κ2) is 7.17. The van der Waals surface area contributed by atoms with Crippen LogP contribution < -0.4 is 18.9 Å². The molecular formula is C19H20N2O4. The Hall–Kier alpha value is -3.15. The highest BCUT2D eigenvalue weighted by molar-refractivity contribution is 5.73. The van der Waals surface area contributed by atoms with Gasteiger partial charge in [-0.1, -0.05) is 0 Å². The summed E-state index contributed by atoms with van der Waals surface area (Å²) in [4.78, 5) is 7.81. The van der Waals surface area contributed by atoms with Gasteiger partial charge in [-0.3, -0.25) is 0 Å². The van der Waals surface area contributed by atoms with E-state index in [0.717, 1.165) is 34.1 Å². The number of benzene rings is 2. The first-order chi connectivity index (χ1) is 12.2. The summed E-state index contributed by atoms with van der Waals surface area (Å²) in [6, 6.07) is 11.2. The van der Waals surface area contributed by atoms with E-state index in [1.165, 1.54) is 0 Å². The molecule has 1 aromatic heterocycles. The van der Waals surface area contributed by atoms with E-state index in [0.29, 0.717) is 11.6 Å². The summed E-state index contributed by atoms with van der Waals surface area (Å²) in [7, 11) is 6.51. The Morgan fingerprint density at radius 1 is 0.720 bits per heavy atom. The van der Waals surface area contributed by atoms with E-state index in [2.05, 4.69) is 9.97 Å². The Bertz CT molecular complexity index is 804. The van der Waals surface area contributed by atoms with Crippen molar-refractivity contribution in [2.45, 2.75) is 0 Å². The number of nitrogens with zero attached hydrogens (tertiary/aromatic N) is 1. The van der Waals surface area contributed by atoms with E-state index < -0.39 is 0 Å². The van der Waals surface area contributed by atoms with E-state index in [1.807, 2.05) is 36.4 Å². The zero-order valence-corrected chi connectivity index (χ0v) is 14.6. The van der Waals surface area contributed by atoms with Crippen LogP contribution in [0.15, 0.2) is 42.6 Å². The van der Waals surface area contributed by atoms with Crippen molar-refractivity contribution in [1.29, 1.82) is 0 Å². The molecule has 2 aromatic carbocycles. The average molecular weight is 340 g/mol. The van der Waals surface area contributed by atoms with Crippen molar-refractivity contribution >= 4 is 0 Å². The van der Waals surface area contributed by atoms with E-state index in [1.54, 1.807) is 34.6 Å². The molecule has 0 saturated heterocycles. The summed E-state index contributed by atoms with van der Waals surface area (Å²) < 4.78 is 21.5. The lowest BCUT2D eigenvalue weighted by Crippen LogP contribution is -1.92. The van der Waals surface area contributed by atoms with Crippen LogP contribution in [0.3, 0.4) is 0 Å². The number of methoxy groups -OCH3 is 4. The predicted octanol–water partition coefficient (Wildman–Crippen LogP) is 3.78. The number of H-pyrrole nitrogens is 1. The predicted molar refractivity (Wildman–Crippen MR) is 95.7 cm³/mol. The summed E-state index contributed by atoms with van der Waals surface area (Å²) >= 11 is 0. The largest absolute Gasteiger partial charge is 0.497 e. The summed E-state index contributed by atoms with van der Waals surface area (Å²) in [6.07, 6.45) is 1.76. The number of aromatic amines is 1. The highest BCUT2D eigenvalue weighted by Crippen LogP contribution is 2.36. The molecule has 0 unspecified atom stereocenters. The zero-order valence-electron chi connectivity index (χ0n) is 14.6. The number of rotatable bonds is 6. The van der Waals surface area contributed by atoms with Gasteiger partial charge in [0.2, 0.25) is 0 Å². The Morgan fingerprint density at radius 3 is 1.84 bits per heavy atom. The number of aromatic nitrogens is 2. The highest BCUT2D eigenvalue weighted by atomic mass is 16.5. The maximum absolute atomic E-state index is 5.45. The van der Waals surface area contributed by atoms with Crippen LogP contribution in [0, 0.1) is 0 Å². The molecule has 1 N–H and O–H groups in total. The van der Waals surface area contributed by atoms with Crippen molar-refractivity contribution in [2.24, 2.45) is 0 Å². The van der Waals surface area contributed by atoms with Crippen LogP contribution in [0.1, 0.15) is 0 Å². The molecule has 0 radical (unpaired) electrons. The van der Waals surface area contributed by atoms with Gasteiger partial charge in [0.25, 0.3) is 0 Å². The van der Waals surface area contributed by atoms with Crippen molar-refractivity contribution < 1.29 is 18.9 Å². The van der Waals surface area contributed by atoms with Crippen molar-refractivity contribution in [2.75, 3.05) is 28.4 Å². The van der Waals surface area contributed by atoms with E-state index in [4.69, 9.17) is 18.9 Å². The van der Waals surface area contributed by atoms with Gasteiger partial charge >= 0.3 is 0 Å². The van der Waals surface area contributed by atoms with Gasteiger partial charge in [-0.2, -0.15) is 0 Å². The molecule has 0 aliphatic carbocycles. The third kappa shape index (κ3) is 3.24. The van der Waals surface area contributed by atoms with E-state index in [-0.39, 0.29) is 0 Å². The topological polar surface area (TPSA) is 65.6 Å². The highest BCUT2D eigenvalue weighted by Gasteiger charge is 2.14. The second-order valence-electron chi connectivity index (χ2n) is 5.28. The maximum Gasteiger partial charge on any atom is 0.141 e. The lowest BCUT2D eigenvalue weighted by atomic mass is 10.1. The second-order valence-corrected chi connectivity index (χ2v) is 5.28. The Balaban J connectivity index is 2.07. The SMILES string of the molecule is COc1ccc(OC)c(-c2cnc(-c3cc(OC)ccc3OC)[nH]2)c1. The molecule has 25 heavy (non-hydrogen) atoms. The number of hydrogen-bond acceptors (Lipinski definition) is 5. The quantitative estimate of drug-likeness (QED) is 0.740. The number of ether oxygens (including phenoxy) is 4. The first kappa shape index (κ1) is 16.7. The summed E-state index contributed by atoms with van der Waals surface area (Å²) in [5.41, 5.74) is 2.49. The lowest BCUT2D eigenvalue weighted by Gasteiger charge is -2.10. The minimum atomic E-state index is 0.677. The van der Waals surface area contributed by atoms with Gasteiger partial charge in [0.15, 0.2) is 0 Å². The minimum absolute atomic E-state index is 0.677. The van der Waals surface area contributed by atoms with Crippen LogP contribution in [0.2, 0.25) is 0 Å². The van der Waals surface area contributed by atoms with Crippen molar-refractivity contribution in [3.05, 3.63) is 42.6 Å². The molecule has 0 spiro atoms. The van der Waals surface area contributed by atoms with Crippen molar-refractivity contribution in [3.8, 4) is 45.6 Å². The van der Waals surface area contributed by atoms with Crippen LogP contribution in [0.4, 0.5) is 0 Å². The van der Waals surface area contributed by atoms with E-state index >= 15 is 0 Å². The molecular weight excluding hydrogens is 320 g/mol. The molecule has 6 heteroatoms. The third-order valence-corrected chi connectivity index (χ3v) is 3.93. The maximum atomic E-state index is 5.45. The standard InChI is InChI=1S/C19H20N2O4/c1-22-12-5-7-17(24-3)14(9-12)16-11-20-19(21-16)15-10-13(23-2)6-8-18(15)25-4/h5-11H,1-4H3,(H,20,21). The fraction of sp³-hybridized carbons (Fsp3) is 0.211. The molecule has 0 amide bonds. The lowest BCUT2D eigenvalue weighted by molar-refractivity contribution is 0.404. The molecule has 0 fully saturated rings. The fourth-order valence-corrected chi connectivity index (χ4v) is 2.62. The Labute approximate surface area is 146 Å². The van der Waals surface area contributed by atoms with Crippen LogP contribution in [0.5, 0.6) is 23.0 Å². The van der Waals surface area contributed by atoms with Crippen LogP contribution in [0.25, 0.3) is 22.6 Å². The molecule has 3 rings (SSSR count).